The quantitative estimate of drug-likeness (QED) is 0.173. The van der Waals surface area contributed by atoms with E-state index in [0.717, 1.165) is 25.7 Å². The minimum atomic E-state index is -4.20. The van der Waals surface area contributed by atoms with Gasteiger partial charge in [-0.05, 0) is 26.7 Å². The summed E-state index contributed by atoms with van der Waals surface area (Å²) >= 11 is 0. The third-order valence-electron chi connectivity index (χ3n) is 5.63. The summed E-state index contributed by atoms with van der Waals surface area (Å²) in [7, 11) is -4.20. The van der Waals surface area contributed by atoms with Crippen LogP contribution in [0, 0.1) is 0 Å². The first-order valence-corrected chi connectivity index (χ1v) is 13.2. The smallest absolute Gasteiger partial charge is 0.312 e. The molecule has 5 heteroatoms. The van der Waals surface area contributed by atoms with Crippen LogP contribution in [0.15, 0.2) is 0 Å². The van der Waals surface area contributed by atoms with Crippen molar-refractivity contribution in [3.8, 4) is 0 Å². The molecule has 0 aromatic rings. The predicted octanol–water partition coefficient (Wildman–Crippen LogP) is 7.44. The first-order valence-electron chi connectivity index (χ1n) is 11.6. The van der Waals surface area contributed by atoms with Gasteiger partial charge in [-0.25, -0.2) is 9.24 Å². The summed E-state index contributed by atoms with van der Waals surface area (Å²) < 4.78 is 13.5. The molecule has 4 nitrogen and oxygen atoms in total. The van der Waals surface area contributed by atoms with Gasteiger partial charge in [0, 0.05) is 12.1 Å². The molecule has 0 atom stereocenters. The van der Waals surface area contributed by atoms with Gasteiger partial charge in [-0.1, -0.05) is 104 Å². The van der Waals surface area contributed by atoms with Crippen molar-refractivity contribution in [2.75, 3.05) is 6.54 Å². The molecular formula is C22H48NO3P. The lowest BCUT2D eigenvalue weighted by Gasteiger charge is -2.38. The number of unbranched alkanes of at least 4 members (excludes halogenated alkanes) is 13. The van der Waals surface area contributed by atoms with Gasteiger partial charge < -0.3 is 9.79 Å². The van der Waals surface area contributed by atoms with Crippen molar-refractivity contribution in [3.05, 3.63) is 0 Å². The van der Waals surface area contributed by atoms with Crippen LogP contribution in [-0.2, 0) is 4.57 Å². The fourth-order valence-corrected chi connectivity index (χ4v) is 5.03. The minimum absolute atomic E-state index is 0.441. The molecule has 164 valence electrons. The molecule has 0 aliphatic carbocycles. The molecule has 0 spiro atoms. The standard InChI is InChI=1S/C22H48NO3P/c1-5-7-9-11-13-15-17-19-21-23(27(24,25)26)22(3,4)20-18-16-14-12-10-8-6-2/h5-21H2,1-4H3,(H2,24,25,26). The van der Waals surface area contributed by atoms with Gasteiger partial charge in [0.05, 0.1) is 0 Å². The molecular weight excluding hydrogens is 357 g/mol. The predicted molar refractivity (Wildman–Crippen MR) is 118 cm³/mol. The Bertz CT molecular complexity index is 382. The molecule has 0 unspecified atom stereocenters. The molecule has 0 aromatic carbocycles. The summed E-state index contributed by atoms with van der Waals surface area (Å²) in [5.41, 5.74) is -0.441. The lowest BCUT2D eigenvalue weighted by atomic mass is 9.95. The fraction of sp³-hybridized carbons (Fsp3) is 1.00. The lowest BCUT2D eigenvalue weighted by Crippen LogP contribution is -2.42. The van der Waals surface area contributed by atoms with Gasteiger partial charge in [-0.15, -0.1) is 0 Å². The highest BCUT2D eigenvalue weighted by atomic mass is 31.2. The Hall–Kier alpha value is 0.110. The van der Waals surface area contributed by atoms with Gasteiger partial charge >= 0.3 is 7.75 Å². The van der Waals surface area contributed by atoms with Crippen molar-refractivity contribution in [1.82, 2.24) is 4.67 Å². The summed E-state index contributed by atoms with van der Waals surface area (Å²) in [5, 5.41) is 0. The highest BCUT2D eigenvalue weighted by Gasteiger charge is 2.37. The van der Waals surface area contributed by atoms with Crippen LogP contribution in [0.25, 0.3) is 0 Å². The largest absolute Gasteiger partial charge is 0.403 e. The van der Waals surface area contributed by atoms with Crippen molar-refractivity contribution in [2.24, 2.45) is 0 Å². The van der Waals surface area contributed by atoms with E-state index < -0.39 is 13.3 Å². The normalized spacial score (nSPS) is 12.9. The molecule has 0 heterocycles. The van der Waals surface area contributed by atoms with E-state index in [9.17, 15) is 14.4 Å². The Kier molecular flexibility index (Phi) is 16.0. The number of rotatable bonds is 19. The Morgan fingerprint density at radius 3 is 1.44 bits per heavy atom. The van der Waals surface area contributed by atoms with Crippen molar-refractivity contribution < 1.29 is 14.4 Å². The highest BCUT2D eigenvalue weighted by molar-refractivity contribution is 7.49. The maximum atomic E-state index is 12.0. The van der Waals surface area contributed by atoms with Crippen LogP contribution in [-0.4, -0.2) is 26.5 Å². The third-order valence-corrected chi connectivity index (χ3v) is 7.00. The van der Waals surface area contributed by atoms with E-state index in [1.54, 1.807) is 0 Å². The molecule has 0 aromatic heterocycles. The lowest BCUT2D eigenvalue weighted by molar-refractivity contribution is 0.152. The topological polar surface area (TPSA) is 60.8 Å². The fourth-order valence-electron chi connectivity index (χ4n) is 3.82. The first kappa shape index (κ1) is 27.1. The monoisotopic (exact) mass is 405 g/mol. The van der Waals surface area contributed by atoms with E-state index in [2.05, 4.69) is 13.8 Å². The van der Waals surface area contributed by atoms with Crippen LogP contribution in [0.1, 0.15) is 130 Å². The first-order chi connectivity index (χ1) is 12.8. The van der Waals surface area contributed by atoms with E-state index in [4.69, 9.17) is 0 Å². The molecule has 0 aliphatic rings. The number of hydrogen-bond donors (Lipinski definition) is 2. The van der Waals surface area contributed by atoms with Crippen LogP contribution in [0.4, 0.5) is 0 Å². The molecule has 2 N–H and O–H groups in total. The summed E-state index contributed by atoms with van der Waals surface area (Å²) in [6, 6.07) is 0. The van der Waals surface area contributed by atoms with E-state index in [1.165, 1.54) is 81.7 Å². The van der Waals surface area contributed by atoms with Gasteiger partial charge in [-0.3, -0.25) is 0 Å². The Balaban J connectivity index is 4.15. The van der Waals surface area contributed by atoms with Crippen molar-refractivity contribution in [1.29, 1.82) is 0 Å². The second-order valence-corrected chi connectivity index (χ2v) is 10.3. The Labute approximate surface area is 169 Å². The van der Waals surface area contributed by atoms with E-state index >= 15 is 0 Å². The van der Waals surface area contributed by atoms with Crippen LogP contribution < -0.4 is 0 Å². The molecule has 0 radical (unpaired) electrons. The molecule has 0 saturated carbocycles. The average Bonchev–Trinajstić information content (AvgIpc) is 2.58. The molecule has 0 rings (SSSR count). The van der Waals surface area contributed by atoms with Gasteiger partial charge in [0.25, 0.3) is 0 Å². The molecule has 0 saturated heterocycles. The minimum Gasteiger partial charge on any atom is -0.312 e. The zero-order valence-corrected chi connectivity index (χ0v) is 19.6. The zero-order valence-electron chi connectivity index (χ0n) is 18.7. The molecule has 0 amide bonds. The van der Waals surface area contributed by atoms with Crippen LogP contribution in [0.2, 0.25) is 0 Å². The van der Waals surface area contributed by atoms with Gasteiger partial charge in [0.2, 0.25) is 0 Å². The highest BCUT2D eigenvalue weighted by Crippen LogP contribution is 2.47. The molecule has 0 aliphatic heterocycles. The van der Waals surface area contributed by atoms with Crippen molar-refractivity contribution in [2.45, 2.75) is 136 Å². The SMILES string of the molecule is CCCCCCCCCCN(C(C)(C)CCCCCCCCC)P(=O)(O)O. The van der Waals surface area contributed by atoms with Crippen LogP contribution in [0.3, 0.4) is 0 Å². The maximum absolute atomic E-state index is 12.0. The van der Waals surface area contributed by atoms with Crippen LogP contribution in [0.5, 0.6) is 0 Å². The molecule has 0 bridgehead atoms. The van der Waals surface area contributed by atoms with Gasteiger partial charge in [0.15, 0.2) is 0 Å². The van der Waals surface area contributed by atoms with E-state index in [0.29, 0.717) is 6.54 Å². The summed E-state index contributed by atoms with van der Waals surface area (Å²) in [5.74, 6) is 0. The van der Waals surface area contributed by atoms with Crippen LogP contribution >= 0.6 is 7.75 Å². The number of nitrogens with zero attached hydrogens (tertiary/aromatic N) is 1. The van der Waals surface area contributed by atoms with E-state index in [-0.39, 0.29) is 0 Å². The molecule has 27 heavy (non-hydrogen) atoms. The van der Waals surface area contributed by atoms with Crippen molar-refractivity contribution in [3.63, 3.8) is 0 Å². The summed E-state index contributed by atoms with van der Waals surface area (Å²) in [6.45, 7) is 8.95. The summed E-state index contributed by atoms with van der Waals surface area (Å²) in [4.78, 5) is 19.7. The Morgan fingerprint density at radius 2 is 1.04 bits per heavy atom. The number of hydrogen-bond acceptors (Lipinski definition) is 1. The van der Waals surface area contributed by atoms with Gasteiger partial charge in [-0.2, -0.15) is 0 Å². The average molecular weight is 406 g/mol. The Morgan fingerprint density at radius 1 is 0.667 bits per heavy atom. The van der Waals surface area contributed by atoms with Gasteiger partial charge in [0.1, 0.15) is 0 Å². The molecule has 0 fully saturated rings. The van der Waals surface area contributed by atoms with Crippen molar-refractivity contribution >= 4 is 7.75 Å². The zero-order chi connectivity index (χ0) is 20.6. The second-order valence-electron chi connectivity index (χ2n) is 8.80. The maximum Gasteiger partial charge on any atom is 0.403 e. The van der Waals surface area contributed by atoms with E-state index in [1.807, 2.05) is 13.8 Å². The summed E-state index contributed by atoms with van der Waals surface area (Å²) in [6.07, 6.45) is 19.0. The third kappa shape index (κ3) is 14.7. The second kappa shape index (κ2) is 16.0.